The number of nitrogens with one attached hydrogen (secondary N) is 1. The lowest BCUT2D eigenvalue weighted by atomic mass is 9.78. The fourth-order valence-corrected chi connectivity index (χ4v) is 3.58. The Morgan fingerprint density at radius 3 is 2.91 bits per heavy atom. The molecule has 1 amide bonds. The van der Waals surface area contributed by atoms with Gasteiger partial charge in [-0.15, -0.1) is 0 Å². The number of rotatable bonds is 3. The number of benzene rings is 1. The number of nitrogens with zero attached hydrogens (tertiary/aromatic N) is 2. The van der Waals surface area contributed by atoms with Gasteiger partial charge < -0.3 is 9.88 Å². The van der Waals surface area contributed by atoms with Crippen molar-refractivity contribution in [3.05, 3.63) is 30.1 Å². The minimum Gasteiger partial charge on any atom is -0.352 e. The highest BCUT2D eigenvalue weighted by molar-refractivity contribution is 5.81. The SMILES string of the molecule is Cc1nc2ccccc2n1CC(=O)NC1CCCC(C)C1C. The lowest BCUT2D eigenvalue weighted by molar-refractivity contribution is -0.123. The first-order chi connectivity index (χ1) is 10.6. The lowest BCUT2D eigenvalue weighted by Crippen LogP contribution is -2.44. The average molecular weight is 299 g/mol. The van der Waals surface area contributed by atoms with Crippen molar-refractivity contribution in [2.45, 2.75) is 52.6 Å². The van der Waals surface area contributed by atoms with Crippen LogP contribution in [0.15, 0.2) is 24.3 Å². The highest BCUT2D eigenvalue weighted by Gasteiger charge is 2.28. The van der Waals surface area contributed by atoms with Gasteiger partial charge in [-0.3, -0.25) is 4.79 Å². The van der Waals surface area contributed by atoms with E-state index in [1.54, 1.807) is 0 Å². The van der Waals surface area contributed by atoms with Crippen LogP contribution in [0.3, 0.4) is 0 Å². The molecule has 3 unspecified atom stereocenters. The van der Waals surface area contributed by atoms with Gasteiger partial charge in [0, 0.05) is 6.04 Å². The summed E-state index contributed by atoms with van der Waals surface area (Å²) in [5.74, 6) is 2.23. The van der Waals surface area contributed by atoms with Crippen molar-refractivity contribution in [1.82, 2.24) is 14.9 Å². The molecule has 1 N–H and O–H groups in total. The molecule has 1 aliphatic carbocycles. The summed E-state index contributed by atoms with van der Waals surface area (Å²) >= 11 is 0. The zero-order valence-electron chi connectivity index (χ0n) is 13.7. The van der Waals surface area contributed by atoms with Crippen LogP contribution in [0.4, 0.5) is 0 Å². The Balaban J connectivity index is 1.72. The summed E-state index contributed by atoms with van der Waals surface area (Å²) in [5.41, 5.74) is 1.98. The van der Waals surface area contributed by atoms with Gasteiger partial charge in [0.1, 0.15) is 12.4 Å². The lowest BCUT2D eigenvalue weighted by Gasteiger charge is -2.34. The highest BCUT2D eigenvalue weighted by Crippen LogP contribution is 2.29. The van der Waals surface area contributed by atoms with Crippen molar-refractivity contribution in [1.29, 1.82) is 0 Å². The average Bonchev–Trinajstić information content (AvgIpc) is 2.80. The largest absolute Gasteiger partial charge is 0.352 e. The maximum Gasteiger partial charge on any atom is 0.240 e. The minimum atomic E-state index is 0.0946. The van der Waals surface area contributed by atoms with E-state index in [2.05, 4.69) is 24.1 Å². The standard InChI is InChI=1S/C18H25N3O/c1-12-7-6-9-15(13(12)2)20-18(22)11-21-14(3)19-16-8-4-5-10-17(16)21/h4-5,8,10,12-13,15H,6-7,9,11H2,1-3H3,(H,20,22). The van der Waals surface area contributed by atoms with E-state index in [-0.39, 0.29) is 5.91 Å². The summed E-state index contributed by atoms with van der Waals surface area (Å²) < 4.78 is 2.00. The van der Waals surface area contributed by atoms with Crippen molar-refractivity contribution < 1.29 is 4.79 Å². The summed E-state index contributed by atoms with van der Waals surface area (Å²) in [5, 5.41) is 3.24. The molecule has 0 aliphatic heterocycles. The first-order valence-corrected chi connectivity index (χ1v) is 8.27. The summed E-state index contributed by atoms with van der Waals surface area (Å²) in [4.78, 5) is 17.0. The van der Waals surface area contributed by atoms with Gasteiger partial charge in [-0.1, -0.05) is 38.8 Å². The van der Waals surface area contributed by atoms with Crippen molar-refractivity contribution >= 4 is 16.9 Å². The second kappa shape index (κ2) is 6.11. The molecule has 118 valence electrons. The van der Waals surface area contributed by atoms with Crippen LogP contribution in [0.1, 0.15) is 38.9 Å². The zero-order valence-corrected chi connectivity index (χ0v) is 13.7. The second-order valence-electron chi connectivity index (χ2n) is 6.68. The third-order valence-corrected chi connectivity index (χ3v) is 5.20. The molecule has 1 fully saturated rings. The maximum atomic E-state index is 12.5. The molecule has 1 aromatic heterocycles. The number of carbonyl (C=O) groups excluding carboxylic acids is 1. The fourth-order valence-electron chi connectivity index (χ4n) is 3.58. The predicted octanol–water partition coefficient (Wildman–Crippen LogP) is 3.29. The Morgan fingerprint density at radius 1 is 1.32 bits per heavy atom. The minimum absolute atomic E-state index is 0.0946. The van der Waals surface area contributed by atoms with Crippen molar-refractivity contribution in [2.24, 2.45) is 11.8 Å². The molecule has 4 nitrogen and oxygen atoms in total. The van der Waals surface area contributed by atoms with Crippen LogP contribution in [0, 0.1) is 18.8 Å². The maximum absolute atomic E-state index is 12.5. The monoisotopic (exact) mass is 299 g/mol. The molecule has 1 saturated carbocycles. The molecule has 0 radical (unpaired) electrons. The number of amides is 1. The molecule has 22 heavy (non-hydrogen) atoms. The molecular weight excluding hydrogens is 274 g/mol. The number of imidazole rings is 1. The number of fused-ring (bicyclic) bond motifs is 1. The number of carbonyl (C=O) groups is 1. The van der Waals surface area contributed by atoms with Crippen LogP contribution in [0.25, 0.3) is 11.0 Å². The summed E-state index contributed by atoms with van der Waals surface area (Å²) in [7, 11) is 0. The molecule has 3 atom stereocenters. The molecule has 0 spiro atoms. The Labute approximate surface area is 131 Å². The van der Waals surface area contributed by atoms with E-state index in [1.165, 1.54) is 12.8 Å². The van der Waals surface area contributed by atoms with E-state index < -0.39 is 0 Å². The Morgan fingerprint density at radius 2 is 2.09 bits per heavy atom. The Bertz CT molecular complexity index is 676. The molecule has 0 saturated heterocycles. The zero-order chi connectivity index (χ0) is 15.7. The summed E-state index contributed by atoms with van der Waals surface area (Å²) in [6, 6.07) is 8.29. The number of hydrogen-bond donors (Lipinski definition) is 1. The van der Waals surface area contributed by atoms with Crippen LogP contribution < -0.4 is 5.32 Å². The summed E-state index contributed by atoms with van der Waals surface area (Å²) in [6.45, 7) is 6.85. The van der Waals surface area contributed by atoms with Crippen molar-refractivity contribution in [2.75, 3.05) is 0 Å². The van der Waals surface area contributed by atoms with Gasteiger partial charge in [-0.25, -0.2) is 4.98 Å². The number of para-hydroxylation sites is 2. The van der Waals surface area contributed by atoms with Gasteiger partial charge in [-0.05, 0) is 37.3 Å². The summed E-state index contributed by atoms with van der Waals surface area (Å²) in [6.07, 6.45) is 3.59. The normalized spacial score (nSPS) is 25.3. The second-order valence-corrected chi connectivity index (χ2v) is 6.68. The van der Waals surface area contributed by atoms with Gasteiger partial charge in [0.05, 0.1) is 11.0 Å². The fraction of sp³-hybridized carbons (Fsp3) is 0.556. The molecule has 1 aromatic carbocycles. The quantitative estimate of drug-likeness (QED) is 0.945. The number of aromatic nitrogens is 2. The van der Waals surface area contributed by atoms with Gasteiger partial charge >= 0.3 is 0 Å². The Hall–Kier alpha value is -1.84. The van der Waals surface area contributed by atoms with E-state index >= 15 is 0 Å². The smallest absolute Gasteiger partial charge is 0.240 e. The van der Waals surface area contributed by atoms with Crippen LogP contribution in [0.5, 0.6) is 0 Å². The van der Waals surface area contributed by atoms with Crippen LogP contribution in [-0.4, -0.2) is 21.5 Å². The highest BCUT2D eigenvalue weighted by atomic mass is 16.2. The number of aryl methyl sites for hydroxylation is 1. The third kappa shape index (κ3) is 2.87. The van der Waals surface area contributed by atoms with Gasteiger partial charge in [-0.2, -0.15) is 0 Å². The van der Waals surface area contributed by atoms with E-state index in [4.69, 9.17) is 0 Å². The number of hydrogen-bond acceptors (Lipinski definition) is 2. The first kappa shape index (κ1) is 15.1. The Kier molecular flexibility index (Phi) is 4.19. The van der Waals surface area contributed by atoms with Crippen molar-refractivity contribution in [3.8, 4) is 0 Å². The van der Waals surface area contributed by atoms with Crippen molar-refractivity contribution in [3.63, 3.8) is 0 Å². The van der Waals surface area contributed by atoms with E-state index in [1.807, 2.05) is 35.8 Å². The molecule has 2 aromatic rings. The van der Waals surface area contributed by atoms with Crippen LogP contribution in [-0.2, 0) is 11.3 Å². The molecule has 1 heterocycles. The molecule has 4 heteroatoms. The first-order valence-electron chi connectivity index (χ1n) is 8.27. The molecule has 1 aliphatic rings. The van der Waals surface area contributed by atoms with Gasteiger partial charge in [0.25, 0.3) is 0 Å². The van der Waals surface area contributed by atoms with E-state index in [0.29, 0.717) is 24.4 Å². The van der Waals surface area contributed by atoms with E-state index in [9.17, 15) is 4.79 Å². The molecular formula is C18H25N3O. The topological polar surface area (TPSA) is 46.9 Å². The molecule has 0 bridgehead atoms. The molecule has 3 rings (SSSR count). The third-order valence-electron chi connectivity index (χ3n) is 5.20. The predicted molar refractivity (Wildman–Crippen MR) is 88.6 cm³/mol. The van der Waals surface area contributed by atoms with Crippen LogP contribution >= 0.6 is 0 Å². The van der Waals surface area contributed by atoms with Gasteiger partial charge in [0.2, 0.25) is 5.91 Å². The van der Waals surface area contributed by atoms with Gasteiger partial charge in [0.15, 0.2) is 0 Å². The van der Waals surface area contributed by atoms with Crippen LogP contribution in [0.2, 0.25) is 0 Å². The van der Waals surface area contributed by atoms with E-state index in [0.717, 1.165) is 23.3 Å².